The van der Waals surface area contributed by atoms with Crippen molar-refractivity contribution in [2.75, 3.05) is 12.5 Å². The third-order valence-corrected chi connectivity index (χ3v) is 8.16. The van der Waals surface area contributed by atoms with Gasteiger partial charge in [0.1, 0.15) is 5.25 Å². The number of nitrogens with zero attached hydrogens (tertiary/aromatic N) is 1. The minimum Gasteiger partial charge on any atom is -0.454 e. The fourth-order valence-corrected chi connectivity index (χ4v) is 6.46. The predicted molar refractivity (Wildman–Crippen MR) is 113 cm³/mol. The van der Waals surface area contributed by atoms with Crippen molar-refractivity contribution in [2.45, 2.75) is 29.4 Å². The number of rotatable bonds is 7. The van der Waals surface area contributed by atoms with Crippen LogP contribution in [0.3, 0.4) is 0 Å². The van der Waals surface area contributed by atoms with Crippen LogP contribution in [-0.4, -0.2) is 25.9 Å². The van der Waals surface area contributed by atoms with Crippen LogP contribution in [0.4, 0.5) is 0 Å². The number of aryl methyl sites for hydroxylation is 1. The van der Waals surface area contributed by atoms with Crippen molar-refractivity contribution in [2.24, 2.45) is 5.14 Å². The maximum atomic E-state index is 12.1. The van der Waals surface area contributed by atoms with Crippen LogP contribution in [0, 0.1) is 6.92 Å². The van der Waals surface area contributed by atoms with E-state index in [9.17, 15) is 8.42 Å². The molecule has 2 N–H and O–H groups in total. The standard InChI is InChI=1S/C19H20N2O4S3/c1-12-5-2-3-6-13(12)18(28(20,22)23)7-4-8-26-19-21-14-9-15-16(25-11-24-15)10-17(14)27-19/h2-3,5-6,9-10,18H,4,7-8,11H2,1H3,(H2,20,22,23). The molecule has 0 amide bonds. The second-order valence-electron chi connectivity index (χ2n) is 6.58. The van der Waals surface area contributed by atoms with Crippen molar-refractivity contribution < 1.29 is 17.9 Å². The van der Waals surface area contributed by atoms with Crippen molar-refractivity contribution in [3.63, 3.8) is 0 Å². The Morgan fingerprint density at radius 1 is 1.25 bits per heavy atom. The van der Waals surface area contributed by atoms with E-state index in [0.29, 0.717) is 6.42 Å². The summed E-state index contributed by atoms with van der Waals surface area (Å²) in [5, 5.41) is 4.82. The first-order valence-electron chi connectivity index (χ1n) is 8.82. The summed E-state index contributed by atoms with van der Waals surface area (Å²) in [5.41, 5.74) is 2.61. The topological polar surface area (TPSA) is 91.5 Å². The molecular formula is C19H20N2O4S3. The number of thioether (sulfide) groups is 1. The summed E-state index contributed by atoms with van der Waals surface area (Å²) in [6.45, 7) is 2.16. The van der Waals surface area contributed by atoms with Gasteiger partial charge < -0.3 is 9.47 Å². The first kappa shape index (κ1) is 19.5. The molecule has 3 aromatic rings. The Morgan fingerprint density at radius 3 is 2.75 bits per heavy atom. The lowest BCUT2D eigenvalue weighted by Crippen LogP contribution is -2.22. The molecule has 1 unspecified atom stereocenters. The number of hydrogen-bond acceptors (Lipinski definition) is 7. The van der Waals surface area contributed by atoms with Crippen LogP contribution >= 0.6 is 23.1 Å². The summed E-state index contributed by atoms with van der Waals surface area (Å²) >= 11 is 3.23. The highest BCUT2D eigenvalue weighted by molar-refractivity contribution is 8.01. The molecule has 1 aliphatic heterocycles. The van der Waals surface area contributed by atoms with Crippen LogP contribution in [0.2, 0.25) is 0 Å². The Morgan fingerprint density at radius 2 is 2.00 bits per heavy atom. The van der Waals surface area contributed by atoms with E-state index in [-0.39, 0.29) is 6.79 Å². The van der Waals surface area contributed by atoms with Gasteiger partial charge in [0.15, 0.2) is 15.8 Å². The van der Waals surface area contributed by atoms with E-state index in [1.807, 2.05) is 43.3 Å². The van der Waals surface area contributed by atoms with E-state index < -0.39 is 15.3 Å². The highest BCUT2D eigenvalue weighted by Gasteiger charge is 2.24. The highest BCUT2D eigenvalue weighted by atomic mass is 32.2. The number of hydrogen-bond donors (Lipinski definition) is 1. The van der Waals surface area contributed by atoms with Gasteiger partial charge in [-0.25, -0.2) is 18.5 Å². The Hall–Kier alpha value is -1.81. The lowest BCUT2D eigenvalue weighted by molar-refractivity contribution is 0.174. The fraction of sp³-hybridized carbons (Fsp3) is 0.316. The van der Waals surface area contributed by atoms with Gasteiger partial charge in [0.2, 0.25) is 16.8 Å². The summed E-state index contributed by atoms with van der Waals surface area (Å²) in [6, 6.07) is 11.3. The van der Waals surface area contributed by atoms with Gasteiger partial charge >= 0.3 is 0 Å². The average molecular weight is 437 g/mol. The van der Waals surface area contributed by atoms with Gasteiger partial charge in [-0.2, -0.15) is 0 Å². The summed E-state index contributed by atoms with van der Waals surface area (Å²) in [6.07, 6.45) is 1.20. The van der Waals surface area contributed by atoms with Crippen molar-refractivity contribution >= 4 is 43.3 Å². The number of primary sulfonamides is 1. The molecule has 0 fully saturated rings. The molecule has 0 aliphatic carbocycles. The molecule has 148 valence electrons. The molecule has 0 saturated carbocycles. The fourth-order valence-electron chi connectivity index (χ4n) is 3.23. The molecule has 1 atom stereocenters. The molecule has 0 radical (unpaired) electrons. The van der Waals surface area contributed by atoms with Crippen LogP contribution in [0.15, 0.2) is 40.7 Å². The molecule has 2 heterocycles. The van der Waals surface area contributed by atoms with Gasteiger partial charge in [0, 0.05) is 17.9 Å². The molecule has 4 rings (SSSR count). The van der Waals surface area contributed by atoms with E-state index in [1.165, 1.54) is 0 Å². The number of sulfonamides is 1. The molecule has 9 heteroatoms. The number of fused-ring (bicyclic) bond motifs is 2. The normalized spacial score (nSPS) is 14.5. The zero-order valence-electron chi connectivity index (χ0n) is 15.3. The summed E-state index contributed by atoms with van der Waals surface area (Å²) in [7, 11) is -3.66. The first-order valence-corrected chi connectivity index (χ1v) is 12.2. The molecule has 6 nitrogen and oxygen atoms in total. The average Bonchev–Trinajstić information content (AvgIpc) is 3.24. The van der Waals surface area contributed by atoms with Gasteiger partial charge in [-0.05, 0) is 30.9 Å². The SMILES string of the molecule is Cc1ccccc1C(CCCSc1nc2cc3c(cc2s1)OCO3)S(N)(=O)=O. The predicted octanol–water partition coefficient (Wildman–Crippen LogP) is 4.24. The smallest absolute Gasteiger partial charge is 0.231 e. The van der Waals surface area contributed by atoms with E-state index in [0.717, 1.165) is 49.4 Å². The number of thiazole rings is 1. The number of nitrogens with two attached hydrogens (primary N) is 1. The van der Waals surface area contributed by atoms with Crippen LogP contribution < -0.4 is 14.6 Å². The van der Waals surface area contributed by atoms with Gasteiger partial charge in [0.05, 0.1) is 10.2 Å². The molecule has 0 saturated heterocycles. The van der Waals surface area contributed by atoms with Gasteiger partial charge in [0.25, 0.3) is 0 Å². The van der Waals surface area contributed by atoms with Crippen molar-refractivity contribution in [1.29, 1.82) is 0 Å². The lowest BCUT2D eigenvalue weighted by Gasteiger charge is -2.17. The number of benzene rings is 2. The molecule has 28 heavy (non-hydrogen) atoms. The molecule has 0 spiro atoms. The Bertz CT molecular complexity index is 1070. The first-order chi connectivity index (χ1) is 13.4. The zero-order valence-corrected chi connectivity index (χ0v) is 17.7. The van der Waals surface area contributed by atoms with Crippen LogP contribution in [0.1, 0.15) is 29.2 Å². The molecule has 1 aromatic heterocycles. The van der Waals surface area contributed by atoms with E-state index in [2.05, 4.69) is 4.98 Å². The molecular weight excluding hydrogens is 416 g/mol. The van der Waals surface area contributed by atoms with Crippen molar-refractivity contribution in [1.82, 2.24) is 4.98 Å². The number of aromatic nitrogens is 1. The van der Waals surface area contributed by atoms with Gasteiger partial charge in [-0.3, -0.25) is 0 Å². The Balaban J connectivity index is 1.40. The monoisotopic (exact) mass is 436 g/mol. The summed E-state index contributed by atoms with van der Waals surface area (Å²) in [5.74, 6) is 2.25. The quantitative estimate of drug-likeness (QED) is 0.440. The third kappa shape index (κ3) is 4.12. The highest BCUT2D eigenvalue weighted by Crippen LogP contribution is 2.40. The van der Waals surface area contributed by atoms with Crippen molar-refractivity contribution in [3.8, 4) is 11.5 Å². The molecule has 2 aromatic carbocycles. The van der Waals surface area contributed by atoms with Crippen LogP contribution in [-0.2, 0) is 10.0 Å². The Labute approximate surface area is 172 Å². The maximum Gasteiger partial charge on any atom is 0.231 e. The summed E-state index contributed by atoms with van der Waals surface area (Å²) < 4.78 is 37.0. The van der Waals surface area contributed by atoms with Gasteiger partial charge in [-0.1, -0.05) is 36.0 Å². The van der Waals surface area contributed by atoms with Gasteiger partial charge in [-0.15, -0.1) is 11.3 Å². The van der Waals surface area contributed by atoms with E-state index >= 15 is 0 Å². The van der Waals surface area contributed by atoms with E-state index in [4.69, 9.17) is 14.6 Å². The largest absolute Gasteiger partial charge is 0.454 e. The second kappa shape index (κ2) is 7.90. The Kier molecular flexibility index (Phi) is 5.50. The molecule has 0 bridgehead atoms. The molecule has 1 aliphatic rings. The van der Waals surface area contributed by atoms with Crippen molar-refractivity contribution in [3.05, 3.63) is 47.5 Å². The second-order valence-corrected chi connectivity index (χ2v) is 10.7. The maximum absolute atomic E-state index is 12.1. The zero-order chi connectivity index (χ0) is 19.7. The minimum atomic E-state index is -3.66. The lowest BCUT2D eigenvalue weighted by atomic mass is 10.0. The van der Waals surface area contributed by atoms with Crippen LogP contribution in [0.25, 0.3) is 10.2 Å². The van der Waals surface area contributed by atoms with E-state index in [1.54, 1.807) is 23.1 Å². The minimum absolute atomic E-state index is 0.250. The third-order valence-electron chi connectivity index (χ3n) is 4.63. The number of ether oxygens (including phenoxy) is 2. The van der Waals surface area contributed by atoms with Crippen LogP contribution in [0.5, 0.6) is 11.5 Å². The summed E-state index contributed by atoms with van der Waals surface area (Å²) in [4.78, 5) is 4.63.